The molecule has 100 valence electrons. The number of nitrogens with zero attached hydrogens (tertiary/aromatic N) is 8. The van der Waals surface area contributed by atoms with E-state index < -0.39 is 10.1 Å². The standard InChI is InChI=1S/C6H12N8O4/c7-9-8-1-2-10-5-11(13(15)16)3-4-12(6-10)14(17)18/h1-6H2. The molecule has 1 fully saturated rings. The zero-order valence-electron chi connectivity index (χ0n) is 9.45. The minimum Gasteiger partial charge on any atom is -0.259 e. The molecule has 1 aliphatic rings. The van der Waals surface area contributed by atoms with Crippen LogP contribution in [0.4, 0.5) is 0 Å². The highest BCUT2D eigenvalue weighted by Gasteiger charge is 2.29. The van der Waals surface area contributed by atoms with Gasteiger partial charge < -0.3 is 0 Å². The topological polar surface area (TPSA) is 145 Å². The molecule has 1 saturated heterocycles. The van der Waals surface area contributed by atoms with Crippen LogP contribution in [0.1, 0.15) is 0 Å². The van der Waals surface area contributed by atoms with Crippen molar-refractivity contribution in [2.75, 3.05) is 39.5 Å². The third-order valence-corrected chi connectivity index (χ3v) is 2.38. The van der Waals surface area contributed by atoms with Crippen LogP contribution in [0.25, 0.3) is 10.4 Å². The van der Waals surface area contributed by atoms with Gasteiger partial charge in [0, 0.05) is 18.0 Å². The lowest BCUT2D eigenvalue weighted by atomic mass is 10.5. The Morgan fingerprint density at radius 1 is 1.17 bits per heavy atom. The fourth-order valence-electron chi connectivity index (χ4n) is 1.52. The van der Waals surface area contributed by atoms with E-state index in [1.807, 2.05) is 0 Å². The quantitative estimate of drug-likeness (QED) is 0.213. The highest BCUT2D eigenvalue weighted by Crippen LogP contribution is 2.04. The predicted octanol–water partition coefficient (Wildman–Crippen LogP) is -0.485. The molecule has 0 bridgehead atoms. The monoisotopic (exact) mass is 260 g/mol. The normalized spacial score (nSPS) is 16.9. The summed E-state index contributed by atoms with van der Waals surface area (Å²) in [5, 5.41) is 25.3. The van der Waals surface area contributed by atoms with E-state index in [0.29, 0.717) is 0 Å². The van der Waals surface area contributed by atoms with Crippen LogP contribution in [-0.2, 0) is 0 Å². The van der Waals surface area contributed by atoms with Crippen LogP contribution in [0.5, 0.6) is 0 Å². The molecular weight excluding hydrogens is 248 g/mol. The van der Waals surface area contributed by atoms with E-state index in [2.05, 4.69) is 10.0 Å². The van der Waals surface area contributed by atoms with Gasteiger partial charge in [0.15, 0.2) is 10.1 Å². The van der Waals surface area contributed by atoms with Gasteiger partial charge in [-0.1, -0.05) is 5.11 Å². The van der Waals surface area contributed by atoms with Crippen molar-refractivity contribution in [2.24, 2.45) is 5.11 Å². The lowest BCUT2D eigenvalue weighted by Crippen LogP contribution is -2.42. The molecule has 1 heterocycles. The Balaban J connectivity index is 2.67. The van der Waals surface area contributed by atoms with Crippen molar-refractivity contribution >= 4 is 0 Å². The van der Waals surface area contributed by atoms with Crippen LogP contribution < -0.4 is 0 Å². The van der Waals surface area contributed by atoms with Crippen molar-refractivity contribution < 1.29 is 10.1 Å². The summed E-state index contributed by atoms with van der Waals surface area (Å²) in [6.07, 6.45) is 0. The fourth-order valence-corrected chi connectivity index (χ4v) is 1.52. The minimum atomic E-state index is -0.593. The first-order chi connectivity index (χ1) is 8.54. The molecule has 1 rings (SSSR count). The fraction of sp³-hybridized carbons (Fsp3) is 1.00. The van der Waals surface area contributed by atoms with Gasteiger partial charge in [-0.05, 0) is 5.53 Å². The van der Waals surface area contributed by atoms with Crippen LogP contribution in [-0.4, -0.2) is 64.5 Å². The van der Waals surface area contributed by atoms with Gasteiger partial charge in [0.2, 0.25) is 0 Å². The van der Waals surface area contributed by atoms with Crippen LogP contribution in [0.15, 0.2) is 5.11 Å². The first kappa shape index (κ1) is 13.7. The Labute approximate surface area is 101 Å². The van der Waals surface area contributed by atoms with Crippen molar-refractivity contribution in [1.82, 2.24) is 14.9 Å². The van der Waals surface area contributed by atoms with Crippen molar-refractivity contribution in [3.8, 4) is 0 Å². The first-order valence-electron chi connectivity index (χ1n) is 5.06. The second kappa shape index (κ2) is 6.42. The molecule has 0 amide bonds. The molecule has 0 aromatic carbocycles. The maximum absolute atomic E-state index is 10.7. The maximum Gasteiger partial charge on any atom is 0.161 e. The van der Waals surface area contributed by atoms with Crippen LogP contribution in [0.2, 0.25) is 0 Å². The summed E-state index contributed by atoms with van der Waals surface area (Å²) in [4.78, 5) is 25.4. The molecule has 12 nitrogen and oxygen atoms in total. The van der Waals surface area contributed by atoms with Gasteiger partial charge in [-0.3, -0.25) is 4.90 Å². The van der Waals surface area contributed by atoms with E-state index in [9.17, 15) is 20.2 Å². The number of nitro groups is 2. The summed E-state index contributed by atoms with van der Waals surface area (Å²) in [6, 6.07) is 0. The molecule has 0 unspecified atom stereocenters. The third kappa shape index (κ3) is 3.92. The average Bonchev–Trinajstić information content (AvgIpc) is 2.52. The van der Waals surface area contributed by atoms with Gasteiger partial charge >= 0.3 is 0 Å². The summed E-state index contributed by atoms with van der Waals surface area (Å²) < 4.78 is 0. The summed E-state index contributed by atoms with van der Waals surface area (Å²) in [5.74, 6) is 0. The summed E-state index contributed by atoms with van der Waals surface area (Å²) >= 11 is 0. The Bertz CT molecular complexity index is 345. The number of azide groups is 1. The molecule has 0 radical (unpaired) electrons. The molecule has 0 saturated carbocycles. The smallest absolute Gasteiger partial charge is 0.161 e. The third-order valence-electron chi connectivity index (χ3n) is 2.38. The summed E-state index contributed by atoms with van der Waals surface area (Å²) in [6.45, 7) is 0.168. The van der Waals surface area contributed by atoms with Crippen LogP contribution in [0.3, 0.4) is 0 Å². The molecule has 18 heavy (non-hydrogen) atoms. The molecule has 0 atom stereocenters. The van der Waals surface area contributed by atoms with Gasteiger partial charge in [0.1, 0.15) is 26.4 Å². The van der Waals surface area contributed by atoms with E-state index in [0.717, 1.165) is 10.0 Å². The molecule has 0 spiro atoms. The zero-order chi connectivity index (χ0) is 13.5. The van der Waals surface area contributed by atoms with Crippen molar-refractivity contribution in [1.29, 1.82) is 0 Å². The van der Waals surface area contributed by atoms with Crippen LogP contribution >= 0.6 is 0 Å². The van der Waals surface area contributed by atoms with E-state index in [-0.39, 0.29) is 39.5 Å². The van der Waals surface area contributed by atoms with Gasteiger partial charge in [-0.15, -0.1) is 10.0 Å². The second-order valence-corrected chi connectivity index (χ2v) is 3.57. The Hall–Kier alpha value is -2.33. The molecule has 0 N–H and O–H groups in total. The van der Waals surface area contributed by atoms with Crippen molar-refractivity contribution in [3.05, 3.63) is 30.7 Å². The highest BCUT2D eigenvalue weighted by molar-refractivity contribution is 4.63. The van der Waals surface area contributed by atoms with Crippen molar-refractivity contribution in [2.45, 2.75) is 0 Å². The Morgan fingerprint density at radius 2 is 1.67 bits per heavy atom. The SMILES string of the molecule is [N-]=[N+]=NCCN1CN([N+](=O)[O-])CCN([N+](=O)[O-])C1. The minimum absolute atomic E-state index is 0.0357. The van der Waals surface area contributed by atoms with E-state index in [4.69, 9.17) is 5.53 Å². The predicted molar refractivity (Wildman–Crippen MR) is 57.9 cm³/mol. The second-order valence-electron chi connectivity index (χ2n) is 3.57. The molecule has 0 aromatic heterocycles. The number of hydrazine groups is 2. The van der Waals surface area contributed by atoms with E-state index in [1.165, 1.54) is 4.90 Å². The number of hydrogen-bond acceptors (Lipinski definition) is 6. The van der Waals surface area contributed by atoms with Gasteiger partial charge in [-0.2, -0.15) is 0 Å². The number of rotatable bonds is 5. The van der Waals surface area contributed by atoms with Crippen LogP contribution in [0, 0.1) is 20.2 Å². The molecular formula is C6H12N8O4. The summed E-state index contributed by atoms with van der Waals surface area (Å²) in [5.41, 5.74) is 8.13. The largest absolute Gasteiger partial charge is 0.259 e. The zero-order valence-corrected chi connectivity index (χ0v) is 9.45. The molecule has 1 aliphatic heterocycles. The Kier molecular flexibility index (Phi) is 4.90. The van der Waals surface area contributed by atoms with E-state index in [1.54, 1.807) is 0 Å². The van der Waals surface area contributed by atoms with Crippen molar-refractivity contribution in [3.63, 3.8) is 0 Å². The number of hydrogen-bond donors (Lipinski definition) is 0. The van der Waals surface area contributed by atoms with Gasteiger partial charge in [0.05, 0.1) is 0 Å². The van der Waals surface area contributed by atoms with Gasteiger partial charge in [0.25, 0.3) is 0 Å². The molecule has 0 aliphatic carbocycles. The van der Waals surface area contributed by atoms with E-state index >= 15 is 0 Å². The summed E-state index contributed by atoms with van der Waals surface area (Å²) in [7, 11) is 0. The average molecular weight is 260 g/mol. The molecule has 0 aromatic rings. The first-order valence-corrected chi connectivity index (χ1v) is 5.06. The van der Waals surface area contributed by atoms with Gasteiger partial charge in [-0.25, -0.2) is 20.2 Å². The highest BCUT2D eigenvalue weighted by atomic mass is 16.7. The Morgan fingerprint density at radius 3 is 2.06 bits per heavy atom. The maximum atomic E-state index is 10.7. The molecule has 12 heteroatoms. The lowest BCUT2D eigenvalue weighted by Gasteiger charge is -2.21. The lowest BCUT2D eigenvalue weighted by molar-refractivity contribution is -0.666.